The number of primary amides is 1. The molecule has 0 bridgehead atoms. The molecule has 0 spiro atoms. The standard InChI is InChI=1S/C17H22N2O4/c1-22-14-5-3-12(15(11-14)23-2)4-6-16(20)19-9-7-13(8-10-19)17(18)21/h3-6,11,13H,7-10H2,1-2H3,(H2,18,21). The van der Waals surface area contributed by atoms with Gasteiger partial charge in [-0.1, -0.05) is 0 Å². The van der Waals surface area contributed by atoms with Gasteiger partial charge in [0.05, 0.1) is 14.2 Å². The third kappa shape index (κ3) is 4.25. The van der Waals surface area contributed by atoms with E-state index in [1.54, 1.807) is 31.3 Å². The minimum absolute atomic E-state index is 0.0780. The zero-order valence-electron chi connectivity index (χ0n) is 13.5. The van der Waals surface area contributed by atoms with Crippen LogP contribution in [0.25, 0.3) is 6.08 Å². The number of hydrogen-bond acceptors (Lipinski definition) is 4. The third-order valence-electron chi connectivity index (χ3n) is 4.06. The molecule has 1 aliphatic heterocycles. The lowest BCUT2D eigenvalue weighted by Gasteiger charge is -2.29. The molecular formula is C17H22N2O4. The van der Waals surface area contributed by atoms with Crippen molar-refractivity contribution in [3.63, 3.8) is 0 Å². The van der Waals surface area contributed by atoms with E-state index in [-0.39, 0.29) is 17.7 Å². The van der Waals surface area contributed by atoms with Crippen molar-refractivity contribution >= 4 is 17.9 Å². The van der Waals surface area contributed by atoms with Crippen molar-refractivity contribution in [2.24, 2.45) is 11.7 Å². The number of carbonyl (C=O) groups excluding carboxylic acids is 2. The fourth-order valence-electron chi connectivity index (χ4n) is 2.61. The summed E-state index contributed by atoms with van der Waals surface area (Å²) in [6.45, 7) is 1.10. The summed E-state index contributed by atoms with van der Waals surface area (Å²) in [4.78, 5) is 25.1. The van der Waals surface area contributed by atoms with Gasteiger partial charge in [-0.3, -0.25) is 9.59 Å². The van der Waals surface area contributed by atoms with Crippen molar-refractivity contribution in [2.75, 3.05) is 27.3 Å². The minimum Gasteiger partial charge on any atom is -0.497 e. The first-order valence-corrected chi connectivity index (χ1v) is 7.53. The molecule has 1 saturated heterocycles. The number of nitrogens with two attached hydrogens (primary N) is 1. The number of methoxy groups -OCH3 is 2. The summed E-state index contributed by atoms with van der Waals surface area (Å²) in [6.07, 6.45) is 4.50. The monoisotopic (exact) mass is 318 g/mol. The molecule has 2 amide bonds. The molecule has 1 fully saturated rings. The maximum Gasteiger partial charge on any atom is 0.246 e. The van der Waals surface area contributed by atoms with E-state index in [0.717, 1.165) is 5.56 Å². The first kappa shape index (κ1) is 16.9. The molecule has 6 heteroatoms. The van der Waals surface area contributed by atoms with Crippen LogP contribution < -0.4 is 15.2 Å². The van der Waals surface area contributed by atoms with E-state index in [9.17, 15) is 9.59 Å². The molecule has 0 atom stereocenters. The second-order valence-corrected chi connectivity index (χ2v) is 5.44. The number of hydrogen-bond donors (Lipinski definition) is 1. The van der Waals surface area contributed by atoms with E-state index < -0.39 is 0 Å². The molecule has 2 rings (SSSR count). The molecule has 0 aliphatic carbocycles. The van der Waals surface area contributed by atoms with Crippen LogP contribution in [0.15, 0.2) is 24.3 Å². The fraction of sp³-hybridized carbons (Fsp3) is 0.412. The lowest BCUT2D eigenvalue weighted by atomic mass is 9.96. The smallest absolute Gasteiger partial charge is 0.246 e. The molecule has 124 valence electrons. The predicted octanol–water partition coefficient (Wildman–Crippen LogP) is 1.44. The zero-order chi connectivity index (χ0) is 16.8. The maximum atomic E-state index is 12.2. The van der Waals surface area contributed by atoms with Crippen molar-refractivity contribution in [3.05, 3.63) is 29.8 Å². The average molecular weight is 318 g/mol. The van der Waals surface area contributed by atoms with Crippen LogP contribution in [0.1, 0.15) is 18.4 Å². The summed E-state index contributed by atoms with van der Waals surface area (Å²) >= 11 is 0. The van der Waals surface area contributed by atoms with Gasteiger partial charge in [0.1, 0.15) is 11.5 Å². The van der Waals surface area contributed by atoms with Gasteiger partial charge in [-0.15, -0.1) is 0 Å². The van der Waals surface area contributed by atoms with Gasteiger partial charge in [-0.05, 0) is 31.1 Å². The number of amides is 2. The summed E-state index contributed by atoms with van der Waals surface area (Å²) in [6, 6.07) is 5.41. The van der Waals surface area contributed by atoms with E-state index in [2.05, 4.69) is 0 Å². The molecule has 23 heavy (non-hydrogen) atoms. The van der Waals surface area contributed by atoms with E-state index in [1.165, 1.54) is 6.08 Å². The van der Waals surface area contributed by atoms with Crippen LogP contribution in [0.3, 0.4) is 0 Å². The summed E-state index contributed by atoms with van der Waals surface area (Å²) in [7, 11) is 3.16. The van der Waals surface area contributed by atoms with Gasteiger partial charge in [0, 0.05) is 36.7 Å². The summed E-state index contributed by atoms with van der Waals surface area (Å²) in [5.74, 6) is 0.853. The number of nitrogens with zero attached hydrogens (tertiary/aromatic N) is 1. The normalized spacial score (nSPS) is 15.7. The minimum atomic E-state index is -0.282. The second kappa shape index (κ2) is 7.67. The molecule has 1 heterocycles. The van der Waals surface area contributed by atoms with Crippen molar-refractivity contribution in [2.45, 2.75) is 12.8 Å². The third-order valence-corrected chi connectivity index (χ3v) is 4.06. The van der Waals surface area contributed by atoms with Crippen molar-refractivity contribution in [1.29, 1.82) is 0 Å². The van der Waals surface area contributed by atoms with Crippen LogP contribution >= 0.6 is 0 Å². The van der Waals surface area contributed by atoms with Crippen LogP contribution in [-0.2, 0) is 9.59 Å². The van der Waals surface area contributed by atoms with Crippen LogP contribution in [0, 0.1) is 5.92 Å². The van der Waals surface area contributed by atoms with Crippen LogP contribution in [0.2, 0.25) is 0 Å². The highest BCUT2D eigenvalue weighted by Crippen LogP contribution is 2.25. The van der Waals surface area contributed by atoms with Gasteiger partial charge >= 0.3 is 0 Å². The Bertz CT molecular complexity index is 605. The second-order valence-electron chi connectivity index (χ2n) is 5.44. The Morgan fingerprint density at radius 2 is 1.91 bits per heavy atom. The van der Waals surface area contributed by atoms with Gasteiger partial charge in [-0.2, -0.15) is 0 Å². The Hall–Kier alpha value is -2.50. The highest BCUT2D eigenvalue weighted by Gasteiger charge is 2.24. The molecule has 0 radical (unpaired) electrons. The molecular weight excluding hydrogens is 296 g/mol. The Labute approximate surface area is 135 Å². The van der Waals surface area contributed by atoms with Crippen molar-refractivity contribution < 1.29 is 19.1 Å². The zero-order valence-corrected chi connectivity index (χ0v) is 13.5. The van der Waals surface area contributed by atoms with Crippen LogP contribution in [-0.4, -0.2) is 44.0 Å². The Balaban J connectivity index is 2.00. The van der Waals surface area contributed by atoms with Crippen LogP contribution in [0.5, 0.6) is 11.5 Å². The summed E-state index contributed by atoms with van der Waals surface area (Å²) in [5.41, 5.74) is 6.10. The van der Waals surface area contributed by atoms with Crippen LogP contribution in [0.4, 0.5) is 0 Å². The summed E-state index contributed by atoms with van der Waals surface area (Å²) in [5, 5.41) is 0. The van der Waals surface area contributed by atoms with Crippen molar-refractivity contribution in [1.82, 2.24) is 4.90 Å². The number of likely N-dealkylation sites (tertiary alicyclic amines) is 1. The van der Waals surface area contributed by atoms with E-state index in [4.69, 9.17) is 15.2 Å². The lowest BCUT2D eigenvalue weighted by Crippen LogP contribution is -2.41. The van der Waals surface area contributed by atoms with Gasteiger partial charge < -0.3 is 20.1 Å². The largest absolute Gasteiger partial charge is 0.497 e. The number of rotatable bonds is 5. The Kier molecular flexibility index (Phi) is 5.62. The highest BCUT2D eigenvalue weighted by molar-refractivity contribution is 5.92. The first-order chi connectivity index (χ1) is 11.0. The van der Waals surface area contributed by atoms with Gasteiger partial charge in [-0.25, -0.2) is 0 Å². The number of ether oxygens (including phenoxy) is 2. The fourth-order valence-corrected chi connectivity index (χ4v) is 2.61. The molecule has 0 unspecified atom stereocenters. The first-order valence-electron chi connectivity index (χ1n) is 7.53. The van der Waals surface area contributed by atoms with E-state index in [1.807, 2.05) is 12.1 Å². The van der Waals surface area contributed by atoms with E-state index >= 15 is 0 Å². The summed E-state index contributed by atoms with van der Waals surface area (Å²) < 4.78 is 10.4. The van der Waals surface area contributed by atoms with Crippen molar-refractivity contribution in [3.8, 4) is 11.5 Å². The molecule has 1 aromatic carbocycles. The molecule has 6 nitrogen and oxygen atoms in total. The average Bonchev–Trinajstić information content (AvgIpc) is 2.59. The molecule has 2 N–H and O–H groups in total. The van der Waals surface area contributed by atoms with Gasteiger partial charge in [0.15, 0.2) is 0 Å². The molecule has 1 aliphatic rings. The van der Waals surface area contributed by atoms with E-state index in [0.29, 0.717) is 37.4 Å². The van der Waals surface area contributed by atoms with Gasteiger partial charge in [0.2, 0.25) is 11.8 Å². The SMILES string of the molecule is COc1ccc(C=CC(=O)N2CCC(C(N)=O)CC2)c(OC)c1. The Morgan fingerprint density at radius 3 is 2.48 bits per heavy atom. The topological polar surface area (TPSA) is 81.9 Å². The maximum absolute atomic E-state index is 12.2. The molecule has 1 aromatic rings. The quantitative estimate of drug-likeness (QED) is 0.833. The molecule has 0 aromatic heterocycles. The number of piperidine rings is 1. The predicted molar refractivity (Wildman–Crippen MR) is 87.1 cm³/mol. The molecule has 0 saturated carbocycles. The highest BCUT2D eigenvalue weighted by atomic mass is 16.5. The number of benzene rings is 1. The number of carbonyl (C=O) groups is 2. The lowest BCUT2D eigenvalue weighted by molar-refractivity contribution is -0.130. The van der Waals surface area contributed by atoms with Gasteiger partial charge in [0.25, 0.3) is 0 Å². The Morgan fingerprint density at radius 1 is 1.22 bits per heavy atom.